The summed E-state index contributed by atoms with van der Waals surface area (Å²) in [5.74, 6) is -0.629. The highest BCUT2D eigenvalue weighted by Gasteiger charge is 2.29. The Balaban J connectivity index is 1.77. The van der Waals surface area contributed by atoms with E-state index >= 15 is 0 Å². The second-order valence-electron chi connectivity index (χ2n) is 7.31. The van der Waals surface area contributed by atoms with Crippen molar-refractivity contribution in [2.75, 3.05) is 33.7 Å². The molecule has 1 amide bonds. The maximum atomic E-state index is 14.3. The lowest BCUT2D eigenvalue weighted by molar-refractivity contribution is 0.0938. The van der Waals surface area contributed by atoms with Gasteiger partial charge in [0, 0.05) is 25.2 Å². The third-order valence-electron chi connectivity index (χ3n) is 5.08. The number of halogens is 1. The molecule has 2 aromatic rings. The zero-order chi connectivity index (χ0) is 21.0. The fourth-order valence-corrected chi connectivity index (χ4v) is 5.00. The van der Waals surface area contributed by atoms with E-state index in [0.29, 0.717) is 18.8 Å². The third kappa shape index (κ3) is 4.85. The molecule has 1 unspecified atom stereocenters. The zero-order valence-electron chi connectivity index (χ0n) is 16.6. The van der Waals surface area contributed by atoms with E-state index in [0.717, 1.165) is 31.4 Å². The fraction of sp³-hybridized carbons (Fsp3) is 0.450. The smallest absolute Gasteiger partial charge is 0.251 e. The number of carbonyl (C=O) groups excluding carboxylic acids is 1. The van der Waals surface area contributed by atoms with Crippen molar-refractivity contribution in [2.45, 2.75) is 30.2 Å². The maximum absolute atomic E-state index is 14.3. The highest BCUT2D eigenvalue weighted by Crippen LogP contribution is 2.24. The number of furan rings is 1. The second kappa shape index (κ2) is 9.06. The number of nitrogens with one attached hydrogen (secondary N) is 1. The van der Waals surface area contributed by atoms with Gasteiger partial charge in [0.05, 0.1) is 12.3 Å². The molecule has 0 saturated carbocycles. The summed E-state index contributed by atoms with van der Waals surface area (Å²) < 4.78 is 46.7. The van der Waals surface area contributed by atoms with Crippen molar-refractivity contribution in [3.05, 3.63) is 53.7 Å². The van der Waals surface area contributed by atoms with Gasteiger partial charge >= 0.3 is 0 Å². The number of sulfonamides is 1. The van der Waals surface area contributed by atoms with Gasteiger partial charge in [-0.2, -0.15) is 4.31 Å². The molecular formula is C20H26FN3O4S. The molecule has 9 heteroatoms. The van der Waals surface area contributed by atoms with Crippen LogP contribution in [0, 0.1) is 5.82 Å². The predicted octanol–water partition coefficient (Wildman–Crippen LogP) is 2.63. The lowest BCUT2D eigenvalue weighted by atomic mass is 10.1. The number of benzene rings is 1. The van der Waals surface area contributed by atoms with Crippen LogP contribution in [-0.4, -0.2) is 57.3 Å². The van der Waals surface area contributed by atoms with Gasteiger partial charge in [-0.3, -0.25) is 9.69 Å². The number of rotatable bonds is 7. The second-order valence-corrected chi connectivity index (χ2v) is 9.22. The molecule has 0 spiro atoms. The summed E-state index contributed by atoms with van der Waals surface area (Å²) in [6.07, 6.45) is 4.02. The molecule has 29 heavy (non-hydrogen) atoms. The molecular weight excluding hydrogens is 397 g/mol. The summed E-state index contributed by atoms with van der Waals surface area (Å²) in [6, 6.07) is 6.83. The molecule has 1 aliphatic rings. The number of likely N-dealkylation sites (N-methyl/N-ethyl adjacent to an activating group) is 1. The van der Waals surface area contributed by atoms with Crippen molar-refractivity contribution in [1.82, 2.24) is 14.5 Å². The van der Waals surface area contributed by atoms with Crippen LogP contribution >= 0.6 is 0 Å². The minimum Gasteiger partial charge on any atom is -0.468 e. The maximum Gasteiger partial charge on any atom is 0.251 e. The van der Waals surface area contributed by atoms with Crippen LogP contribution in [0.2, 0.25) is 0 Å². The van der Waals surface area contributed by atoms with Crippen molar-refractivity contribution in [2.24, 2.45) is 0 Å². The summed E-state index contributed by atoms with van der Waals surface area (Å²) in [5, 5.41) is 2.77. The SMILES string of the molecule is CN(C)C(CNC(=O)c1ccc(F)c(S(=O)(=O)N2CCCCC2)c1)c1ccco1. The van der Waals surface area contributed by atoms with Gasteiger partial charge in [-0.05, 0) is 57.3 Å². The Labute approximate surface area is 170 Å². The summed E-state index contributed by atoms with van der Waals surface area (Å²) >= 11 is 0. The van der Waals surface area contributed by atoms with Gasteiger partial charge in [-0.25, -0.2) is 12.8 Å². The van der Waals surface area contributed by atoms with E-state index in [4.69, 9.17) is 4.42 Å². The van der Waals surface area contributed by atoms with Gasteiger partial charge in [0.2, 0.25) is 10.0 Å². The molecule has 3 rings (SSSR count). The molecule has 1 fully saturated rings. The van der Waals surface area contributed by atoms with Crippen LogP contribution in [0.25, 0.3) is 0 Å². The Kier molecular flexibility index (Phi) is 6.71. The molecule has 0 radical (unpaired) electrons. The first kappa shape index (κ1) is 21.5. The molecule has 1 aromatic carbocycles. The third-order valence-corrected chi connectivity index (χ3v) is 6.99. The molecule has 1 N–H and O–H groups in total. The van der Waals surface area contributed by atoms with Gasteiger partial charge in [0.1, 0.15) is 16.5 Å². The summed E-state index contributed by atoms with van der Waals surface area (Å²) in [7, 11) is -0.251. The molecule has 158 valence electrons. The normalized spacial score (nSPS) is 16.7. The number of nitrogens with zero attached hydrogens (tertiary/aromatic N) is 2. The summed E-state index contributed by atoms with van der Waals surface area (Å²) in [5.41, 5.74) is 0.0962. The fourth-order valence-electron chi connectivity index (χ4n) is 3.40. The largest absolute Gasteiger partial charge is 0.468 e. The Hall–Kier alpha value is -2.23. The minimum atomic E-state index is -3.97. The Morgan fingerprint density at radius 3 is 2.59 bits per heavy atom. The van der Waals surface area contributed by atoms with Gasteiger partial charge in [0.25, 0.3) is 5.91 Å². The number of amides is 1. The van der Waals surface area contributed by atoms with Gasteiger partial charge in [-0.1, -0.05) is 6.42 Å². The van der Waals surface area contributed by atoms with Crippen LogP contribution < -0.4 is 5.32 Å². The standard InChI is InChI=1S/C20H26FN3O4S/c1-23(2)17(18-7-6-12-28-18)14-22-20(25)15-8-9-16(21)19(13-15)29(26,27)24-10-4-3-5-11-24/h6-9,12-13,17H,3-5,10-11,14H2,1-2H3,(H,22,25). The topological polar surface area (TPSA) is 82.9 Å². The Morgan fingerprint density at radius 2 is 1.97 bits per heavy atom. The molecule has 1 aliphatic heterocycles. The van der Waals surface area contributed by atoms with Crippen LogP contribution in [0.15, 0.2) is 45.9 Å². The first-order chi connectivity index (χ1) is 13.8. The van der Waals surface area contributed by atoms with Gasteiger partial charge in [-0.15, -0.1) is 0 Å². The van der Waals surface area contributed by atoms with Crippen molar-refractivity contribution >= 4 is 15.9 Å². The molecule has 1 atom stereocenters. The van der Waals surface area contributed by atoms with E-state index in [9.17, 15) is 17.6 Å². The molecule has 0 bridgehead atoms. The van der Waals surface area contributed by atoms with E-state index in [1.807, 2.05) is 25.1 Å². The van der Waals surface area contributed by atoms with Crippen LogP contribution in [0.3, 0.4) is 0 Å². The highest BCUT2D eigenvalue weighted by molar-refractivity contribution is 7.89. The highest BCUT2D eigenvalue weighted by atomic mass is 32.2. The monoisotopic (exact) mass is 423 g/mol. The number of piperidine rings is 1. The predicted molar refractivity (Wildman–Crippen MR) is 106 cm³/mol. The van der Waals surface area contributed by atoms with Crippen LogP contribution in [0.4, 0.5) is 4.39 Å². The summed E-state index contributed by atoms with van der Waals surface area (Å²) in [6.45, 7) is 0.989. The molecule has 1 aromatic heterocycles. The van der Waals surface area contributed by atoms with Crippen molar-refractivity contribution in [3.8, 4) is 0 Å². The first-order valence-electron chi connectivity index (χ1n) is 9.58. The number of carbonyl (C=O) groups is 1. The van der Waals surface area contributed by atoms with Crippen molar-refractivity contribution < 1.29 is 22.0 Å². The van der Waals surface area contributed by atoms with Gasteiger partial charge < -0.3 is 9.73 Å². The minimum absolute atomic E-state index is 0.0962. The Bertz CT molecular complexity index is 939. The van der Waals surface area contributed by atoms with E-state index < -0.39 is 26.6 Å². The summed E-state index contributed by atoms with van der Waals surface area (Å²) in [4.78, 5) is 14.1. The molecule has 7 nitrogen and oxygen atoms in total. The van der Waals surface area contributed by atoms with Gasteiger partial charge in [0.15, 0.2) is 0 Å². The molecule has 0 aliphatic carbocycles. The van der Waals surface area contributed by atoms with Crippen LogP contribution in [0.5, 0.6) is 0 Å². The molecule has 1 saturated heterocycles. The van der Waals surface area contributed by atoms with Crippen LogP contribution in [-0.2, 0) is 10.0 Å². The van der Waals surface area contributed by atoms with Crippen LogP contribution in [0.1, 0.15) is 41.4 Å². The quantitative estimate of drug-likeness (QED) is 0.740. The first-order valence-corrected chi connectivity index (χ1v) is 11.0. The van der Waals surface area contributed by atoms with E-state index in [1.54, 1.807) is 12.3 Å². The van der Waals surface area contributed by atoms with E-state index in [2.05, 4.69) is 5.32 Å². The molecule has 2 heterocycles. The zero-order valence-corrected chi connectivity index (χ0v) is 17.4. The van der Waals surface area contributed by atoms with Crippen molar-refractivity contribution in [3.63, 3.8) is 0 Å². The average molecular weight is 424 g/mol. The lowest BCUT2D eigenvalue weighted by Crippen LogP contribution is -2.36. The van der Waals surface area contributed by atoms with E-state index in [-0.39, 0.29) is 18.2 Å². The lowest BCUT2D eigenvalue weighted by Gasteiger charge is -2.26. The van der Waals surface area contributed by atoms with Crippen molar-refractivity contribution in [1.29, 1.82) is 0 Å². The number of hydrogen-bond acceptors (Lipinski definition) is 5. The van der Waals surface area contributed by atoms with E-state index in [1.165, 1.54) is 10.4 Å². The Morgan fingerprint density at radius 1 is 1.24 bits per heavy atom. The average Bonchev–Trinajstić information content (AvgIpc) is 3.23. The number of hydrogen-bond donors (Lipinski definition) is 1.